The van der Waals surface area contributed by atoms with Gasteiger partial charge in [-0.1, -0.05) is 12.1 Å². The van der Waals surface area contributed by atoms with Gasteiger partial charge in [0.05, 0.1) is 5.52 Å². The van der Waals surface area contributed by atoms with Gasteiger partial charge in [0.2, 0.25) is 17.7 Å². The Morgan fingerprint density at radius 1 is 1.38 bits per heavy atom. The van der Waals surface area contributed by atoms with Crippen LogP contribution in [0.3, 0.4) is 0 Å². The Balaban J connectivity index is 1.82. The van der Waals surface area contributed by atoms with Gasteiger partial charge in [0.15, 0.2) is 0 Å². The quantitative estimate of drug-likeness (QED) is 0.814. The SMILES string of the molecule is NC(=O)[C@@H]1CCN(Cc2ccc3ccc(O)nc3c2)C1=O. The normalized spacial score (nSPS) is 18.4. The maximum absolute atomic E-state index is 12.0. The molecule has 1 aliphatic heterocycles. The first-order valence-corrected chi connectivity index (χ1v) is 6.71. The second-order valence-corrected chi connectivity index (χ2v) is 5.20. The Morgan fingerprint density at radius 3 is 2.86 bits per heavy atom. The molecule has 1 atom stereocenters. The average molecular weight is 285 g/mol. The summed E-state index contributed by atoms with van der Waals surface area (Å²) in [6, 6.07) is 8.95. The lowest BCUT2D eigenvalue weighted by atomic mass is 10.1. The van der Waals surface area contributed by atoms with Gasteiger partial charge in [-0.15, -0.1) is 0 Å². The third-order valence-corrected chi connectivity index (χ3v) is 3.76. The van der Waals surface area contributed by atoms with E-state index in [0.29, 0.717) is 25.0 Å². The van der Waals surface area contributed by atoms with Crippen molar-refractivity contribution in [2.45, 2.75) is 13.0 Å². The maximum Gasteiger partial charge on any atom is 0.235 e. The molecule has 0 spiro atoms. The van der Waals surface area contributed by atoms with Crippen LogP contribution in [0.4, 0.5) is 0 Å². The van der Waals surface area contributed by atoms with Gasteiger partial charge < -0.3 is 15.7 Å². The smallest absolute Gasteiger partial charge is 0.235 e. The minimum atomic E-state index is -0.701. The van der Waals surface area contributed by atoms with Crippen molar-refractivity contribution < 1.29 is 14.7 Å². The monoisotopic (exact) mass is 285 g/mol. The third kappa shape index (κ3) is 2.52. The molecule has 2 amide bonds. The summed E-state index contributed by atoms with van der Waals surface area (Å²) in [6.45, 7) is 0.938. The number of amides is 2. The molecule has 1 aliphatic rings. The minimum absolute atomic E-state index is 0.0364. The van der Waals surface area contributed by atoms with Crippen molar-refractivity contribution in [3.05, 3.63) is 35.9 Å². The fourth-order valence-corrected chi connectivity index (χ4v) is 2.63. The number of nitrogens with two attached hydrogens (primary N) is 1. The highest BCUT2D eigenvalue weighted by molar-refractivity contribution is 6.00. The number of hydrogen-bond donors (Lipinski definition) is 2. The standard InChI is InChI=1S/C15H15N3O3/c16-14(20)11-5-6-18(15(11)21)8-9-1-2-10-3-4-13(19)17-12(10)7-9/h1-4,7,11H,5-6,8H2,(H2,16,20)(H,17,19)/t11-/m0/s1. The summed E-state index contributed by atoms with van der Waals surface area (Å²) in [4.78, 5) is 28.9. The molecule has 6 heteroatoms. The molecule has 0 saturated carbocycles. The zero-order valence-corrected chi connectivity index (χ0v) is 11.3. The van der Waals surface area contributed by atoms with Crippen LogP contribution in [-0.4, -0.2) is 33.3 Å². The Kier molecular flexibility index (Phi) is 3.21. The molecule has 6 nitrogen and oxygen atoms in total. The molecular formula is C15H15N3O3. The zero-order chi connectivity index (χ0) is 15.0. The van der Waals surface area contributed by atoms with Crippen molar-refractivity contribution in [2.75, 3.05) is 6.54 Å². The molecule has 1 aromatic carbocycles. The van der Waals surface area contributed by atoms with Crippen LogP contribution in [0.2, 0.25) is 0 Å². The summed E-state index contributed by atoms with van der Waals surface area (Å²) in [6.07, 6.45) is 0.473. The van der Waals surface area contributed by atoms with Crippen LogP contribution in [0.25, 0.3) is 10.9 Å². The first-order valence-electron chi connectivity index (χ1n) is 6.71. The van der Waals surface area contributed by atoms with E-state index >= 15 is 0 Å². The summed E-state index contributed by atoms with van der Waals surface area (Å²) < 4.78 is 0. The van der Waals surface area contributed by atoms with Gasteiger partial charge in [-0.05, 0) is 24.1 Å². The largest absolute Gasteiger partial charge is 0.493 e. The van der Waals surface area contributed by atoms with Crippen molar-refractivity contribution in [1.29, 1.82) is 0 Å². The lowest BCUT2D eigenvalue weighted by Crippen LogP contribution is -2.33. The van der Waals surface area contributed by atoms with E-state index in [2.05, 4.69) is 4.98 Å². The molecule has 21 heavy (non-hydrogen) atoms. The van der Waals surface area contributed by atoms with Gasteiger partial charge in [-0.2, -0.15) is 0 Å². The Morgan fingerprint density at radius 2 is 2.14 bits per heavy atom. The number of rotatable bonds is 3. The Labute approximate surface area is 121 Å². The number of fused-ring (bicyclic) bond motifs is 1. The number of hydrogen-bond acceptors (Lipinski definition) is 4. The molecule has 0 bridgehead atoms. The molecule has 0 unspecified atom stereocenters. The summed E-state index contributed by atoms with van der Waals surface area (Å²) in [5.74, 6) is -1.52. The van der Waals surface area contributed by atoms with Crippen molar-refractivity contribution in [3.8, 4) is 5.88 Å². The second-order valence-electron chi connectivity index (χ2n) is 5.20. The topological polar surface area (TPSA) is 96.5 Å². The molecule has 1 saturated heterocycles. The van der Waals surface area contributed by atoms with Gasteiger partial charge in [-0.25, -0.2) is 4.98 Å². The molecule has 1 aromatic heterocycles. The molecule has 2 aromatic rings. The summed E-state index contributed by atoms with van der Waals surface area (Å²) in [5, 5.41) is 10.3. The average Bonchev–Trinajstić information content (AvgIpc) is 2.80. The molecule has 3 N–H and O–H groups in total. The van der Waals surface area contributed by atoms with E-state index in [0.717, 1.165) is 10.9 Å². The number of carbonyl (C=O) groups excluding carboxylic acids is 2. The zero-order valence-electron chi connectivity index (χ0n) is 11.3. The number of aromatic nitrogens is 1. The number of aromatic hydroxyl groups is 1. The molecule has 2 heterocycles. The van der Waals surface area contributed by atoms with E-state index in [1.54, 1.807) is 11.0 Å². The van der Waals surface area contributed by atoms with Crippen molar-refractivity contribution in [1.82, 2.24) is 9.88 Å². The number of pyridine rings is 1. The van der Waals surface area contributed by atoms with Crippen molar-refractivity contribution >= 4 is 22.7 Å². The van der Waals surface area contributed by atoms with Crippen LogP contribution in [-0.2, 0) is 16.1 Å². The van der Waals surface area contributed by atoms with Crippen molar-refractivity contribution in [2.24, 2.45) is 11.7 Å². The first kappa shape index (κ1) is 13.4. The summed E-state index contributed by atoms with van der Waals surface area (Å²) in [5.41, 5.74) is 6.78. The number of nitrogens with zero attached hydrogens (tertiary/aromatic N) is 2. The molecular weight excluding hydrogens is 270 g/mol. The lowest BCUT2D eigenvalue weighted by Gasteiger charge is -2.16. The predicted octanol–water partition coefficient (Wildman–Crippen LogP) is 0.774. The highest BCUT2D eigenvalue weighted by atomic mass is 16.3. The van der Waals surface area contributed by atoms with Crippen LogP contribution >= 0.6 is 0 Å². The van der Waals surface area contributed by atoms with Crippen LogP contribution in [0.5, 0.6) is 5.88 Å². The second kappa shape index (κ2) is 5.05. The highest BCUT2D eigenvalue weighted by Gasteiger charge is 2.35. The molecule has 0 aliphatic carbocycles. The summed E-state index contributed by atoms with van der Waals surface area (Å²) >= 11 is 0. The number of primary amides is 1. The van der Waals surface area contributed by atoms with Crippen LogP contribution in [0, 0.1) is 5.92 Å². The molecule has 108 valence electrons. The van der Waals surface area contributed by atoms with E-state index in [-0.39, 0.29) is 11.8 Å². The Hall–Kier alpha value is -2.63. The van der Waals surface area contributed by atoms with Gasteiger partial charge in [0.1, 0.15) is 5.92 Å². The predicted molar refractivity (Wildman–Crippen MR) is 76.1 cm³/mol. The van der Waals surface area contributed by atoms with Crippen LogP contribution < -0.4 is 5.73 Å². The first-order chi connectivity index (χ1) is 10.0. The lowest BCUT2D eigenvalue weighted by molar-refractivity contribution is -0.136. The van der Waals surface area contributed by atoms with Crippen LogP contribution in [0.15, 0.2) is 30.3 Å². The highest BCUT2D eigenvalue weighted by Crippen LogP contribution is 2.22. The van der Waals surface area contributed by atoms with E-state index < -0.39 is 11.8 Å². The Bertz CT molecular complexity index is 729. The third-order valence-electron chi connectivity index (χ3n) is 3.76. The van der Waals surface area contributed by atoms with Gasteiger partial charge >= 0.3 is 0 Å². The van der Waals surface area contributed by atoms with Gasteiger partial charge in [0, 0.05) is 24.5 Å². The molecule has 0 radical (unpaired) electrons. The number of benzene rings is 1. The maximum atomic E-state index is 12.0. The van der Waals surface area contributed by atoms with Gasteiger partial charge in [0.25, 0.3) is 0 Å². The van der Waals surface area contributed by atoms with E-state index in [1.807, 2.05) is 18.2 Å². The summed E-state index contributed by atoms with van der Waals surface area (Å²) in [7, 11) is 0. The van der Waals surface area contributed by atoms with Crippen LogP contribution in [0.1, 0.15) is 12.0 Å². The van der Waals surface area contributed by atoms with E-state index in [1.165, 1.54) is 6.07 Å². The number of carbonyl (C=O) groups is 2. The van der Waals surface area contributed by atoms with E-state index in [4.69, 9.17) is 5.73 Å². The van der Waals surface area contributed by atoms with Crippen molar-refractivity contribution in [3.63, 3.8) is 0 Å². The number of likely N-dealkylation sites (tertiary alicyclic amines) is 1. The van der Waals surface area contributed by atoms with Gasteiger partial charge in [-0.3, -0.25) is 9.59 Å². The minimum Gasteiger partial charge on any atom is -0.493 e. The fraction of sp³-hybridized carbons (Fsp3) is 0.267. The van der Waals surface area contributed by atoms with E-state index in [9.17, 15) is 14.7 Å². The molecule has 1 fully saturated rings. The molecule has 3 rings (SSSR count). The fourth-order valence-electron chi connectivity index (χ4n) is 2.63.